The van der Waals surface area contributed by atoms with Gasteiger partial charge in [-0.25, -0.2) is 0 Å². The quantitative estimate of drug-likeness (QED) is 0.589. The van der Waals surface area contributed by atoms with Crippen LogP contribution in [0.4, 0.5) is 0 Å². The third-order valence-electron chi connectivity index (χ3n) is 4.69. The predicted molar refractivity (Wildman–Crippen MR) is 101 cm³/mol. The van der Waals surface area contributed by atoms with E-state index in [4.69, 9.17) is 9.47 Å². The number of hydrogen-bond acceptors (Lipinski definition) is 3. The van der Waals surface area contributed by atoms with Crippen LogP contribution in [0.5, 0.6) is 5.75 Å². The lowest BCUT2D eigenvalue weighted by molar-refractivity contribution is 0.110. The summed E-state index contributed by atoms with van der Waals surface area (Å²) in [5.74, 6) is 1.58. The molecular weight excluding hydrogens is 298 g/mol. The maximum absolute atomic E-state index is 6.04. The molecule has 1 heterocycles. The van der Waals surface area contributed by atoms with Crippen molar-refractivity contribution in [3.05, 3.63) is 29.3 Å². The predicted octanol–water partition coefficient (Wildman–Crippen LogP) is 4.83. The average Bonchev–Trinajstić information content (AvgIpc) is 3.06. The van der Waals surface area contributed by atoms with Gasteiger partial charge >= 0.3 is 0 Å². The Morgan fingerprint density at radius 2 is 2.04 bits per heavy atom. The molecule has 1 saturated heterocycles. The number of nitrogens with one attached hydrogen (secondary N) is 1. The van der Waals surface area contributed by atoms with Crippen molar-refractivity contribution in [1.82, 2.24) is 5.32 Å². The maximum Gasteiger partial charge on any atom is 0.122 e. The molecule has 1 fully saturated rings. The monoisotopic (exact) mass is 333 g/mol. The van der Waals surface area contributed by atoms with E-state index in [1.807, 2.05) is 0 Å². The summed E-state index contributed by atoms with van der Waals surface area (Å²) in [6, 6.07) is 6.55. The second-order valence-corrected chi connectivity index (χ2v) is 7.30. The lowest BCUT2D eigenvalue weighted by Gasteiger charge is -2.15. The van der Waals surface area contributed by atoms with Gasteiger partial charge < -0.3 is 14.8 Å². The largest absolute Gasteiger partial charge is 0.493 e. The molecule has 3 heteroatoms. The first-order chi connectivity index (χ1) is 11.7. The maximum atomic E-state index is 6.04. The molecule has 2 rings (SSSR count). The summed E-state index contributed by atoms with van der Waals surface area (Å²) < 4.78 is 11.7. The van der Waals surface area contributed by atoms with Gasteiger partial charge in [-0.15, -0.1) is 0 Å². The van der Waals surface area contributed by atoms with E-state index in [1.165, 1.54) is 43.2 Å². The van der Waals surface area contributed by atoms with Crippen LogP contribution in [0, 0.1) is 6.92 Å². The Hall–Kier alpha value is -1.06. The molecule has 0 amide bonds. The SMILES string of the molecule is Cc1ccc(C(C)C)c(OCCCCCCNC[C@H]2CCCO2)c1. The minimum Gasteiger partial charge on any atom is -0.493 e. The summed E-state index contributed by atoms with van der Waals surface area (Å²) in [6.45, 7) is 10.5. The van der Waals surface area contributed by atoms with Crippen LogP contribution < -0.4 is 10.1 Å². The Bertz CT molecular complexity index is 467. The van der Waals surface area contributed by atoms with Gasteiger partial charge in [0.05, 0.1) is 12.7 Å². The van der Waals surface area contributed by atoms with E-state index in [-0.39, 0.29) is 0 Å². The molecule has 1 aromatic carbocycles. The lowest BCUT2D eigenvalue weighted by Crippen LogP contribution is -2.26. The van der Waals surface area contributed by atoms with Gasteiger partial charge in [0.15, 0.2) is 0 Å². The van der Waals surface area contributed by atoms with Crippen molar-refractivity contribution >= 4 is 0 Å². The molecule has 0 unspecified atom stereocenters. The zero-order valence-electron chi connectivity index (χ0n) is 15.8. The van der Waals surface area contributed by atoms with Crippen LogP contribution in [0.3, 0.4) is 0 Å². The van der Waals surface area contributed by atoms with Crippen LogP contribution in [0.25, 0.3) is 0 Å². The molecule has 0 radical (unpaired) electrons. The molecule has 1 N–H and O–H groups in total. The van der Waals surface area contributed by atoms with Crippen molar-refractivity contribution < 1.29 is 9.47 Å². The second kappa shape index (κ2) is 10.7. The molecule has 3 nitrogen and oxygen atoms in total. The summed E-state index contributed by atoms with van der Waals surface area (Å²) in [6.07, 6.45) is 7.80. The highest BCUT2D eigenvalue weighted by Crippen LogP contribution is 2.27. The lowest BCUT2D eigenvalue weighted by atomic mass is 10.0. The Balaban J connectivity index is 1.51. The first-order valence-corrected chi connectivity index (χ1v) is 9.72. The van der Waals surface area contributed by atoms with Crippen LogP contribution in [-0.4, -0.2) is 32.4 Å². The highest BCUT2D eigenvalue weighted by Gasteiger charge is 2.14. The van der Waals surface area contributed by atoms with Gasteiger partial charge in [-0.2, -0.15) is 0 Å². The molecule has 0 spiro atoms. The topological polar surface area (TPSA) is 30.5 Å². The minimum atomic E-state index is 0.461. The van der Waals surface area contributed by atoms with Crippen LogP contribution in [-0.2, 0) is 4.74 Å². The number of benzene rings is 1. The molecule has 136 valence electrons. The van der Waals surface area contributed by atoms with E-state index in [2.05, 4.69) is 44.3 Å². The van der Waals surface area contributed by atoms with E-state index >= 15 is 0 Å². The van der Waals surface area contributed by atoms with Crippen LogP contribution in [0.2, 0.25) is 0 Å². The number of rotatable bonds is 11. The summed E-state index contributed by atoms with van der Waals surface area (Å²) in [5, 5.41) is 3.51. The normalized spacial score (nSPS) is 17.6. The van der Waals surface area contributed by atoms with Gasteiger partial charge in [0.2, 0.25) is 0 Å². The van der Waals surface area contributed by atoms with Crippen molar-refractivity contribution in [3.63, 3.8) is 0 Å². The summed E-state index contributed by atoms with van der Waals surface area (Å²) in [7, 11) is 0. The number of aryl methyl sites for hydroxylation is 1. The van der Waals surface area contributed by atoms with E-state index < -0.39 is 0 Å². The average molecular weight is 334 g/mol. The molecule has 1 aliphatic rings. The first kappa shape index (κ1) is 19.3. The Labute approximate surface area is 148 Å². The zero-order valence-corrected chi connectivity index (χ0v) is 15.8. The van der Waals surface area contributed by atoms with Gasteiger partial charge in [-0.3, -0.25) is 0 Å². The zero-order chi connectivity index (χ0) is 17.2. The van der Waals surface area contributed by atoms with Gasteiger partial charge in [0.1, 0.15) is 5.75 Å². The number of ether oxygens (including phenoxy) is 2. The molecule has 24 heavy (non-hydrogen) atoms. The van der Waals surface area contributed by atoms with Gasteiger partial charge in [0.25, 0.3) is 0 Å². The molecular formula is C21H35NO2. The van der Waals surface area contributed by atoms with Crippen molar-refractivity contribution in [2.24, 2.45) is 0 Å². The molecule has 1 aromatic rings. The summed E-state index contributed by atoms with van der Waals surface area (Å²) in [4.78, 5) is 0. The van der Waals surface area contributed by atoms with E-state index in [1.54, 1.807) is 0 Å². The standard InChI is InChI=1S/C21H35NO2/c1-17(2)20-11-10-18(3)15-21(20)24-13-7-5-4-6-12-22-16-19-9-8-14-23-19/h10-11,15,17,19,22H,4-9,12-14,16H2,1-3H3/t19-/m1/s1. The molecule has 1 aliphatic heterocycles. The third-order valence-corrected chi connectivity index (χ3v) is 4.69. The van der Waals surface area contributed by atoms with Crippen molar-refractivity contribution in [3.8, 4) is 5.75 Å². The summed E-state index contributed by atoms with van der Waals surface area (Å²) in [5.41, 5.74) is 2.59. The van der Waals surface area contributed by atoms with Crippen molar-refractivity contribution in [1.29, 1.82) is 0 Å². The van der Waals surface area contributed by atoms with Crippen LogP contribution in [0.1, 0.15) is 69.4 Å². The molecule has 0 aromatic heterocycles. The molecule has 0 saturated carbocycles. The fourth-order valence-corrected chi connectivity index (χ4v) is 3.20. The smallest absolute Gasteiger partial charge is 0.122 e. The highest BCUT2D eigenvalue weighted by molar-refractivity contribution is 5.39. The van der Waals surface area contributed by atoms with Gasteiger partial charge in [0, 0.05) is 13.2 Å². The fraction of sp³-hybridized carbons (Fsp3) is 0.714. The number of hydrogen-bond donors (Lipinski definition) is 1. The van der Waals surface area contributed by atoms with Gasteiger partial charge in [-0.05, 0) is 62.3 Å². The molecule has 0 bridgehead atoms. The third kappa shape index (κ3) is 6.82. The summed E-state index contributed by atoms with van der Waals surface area (Å²) >= 11 is 0. The Morgan fingerprint density at radius 3 is 2.79 bits per heavy atom. The van der Waals surface area contributed by atoms with E-state index in [0.29, 0.717) is 12.0 Å². The number of unbranched alkanes of at least 4 members (excludes halogenated alkanes) is 3. The Morgan fingerprint density at radius 1 is 1.21 bits per heavy atom. The second-order valence-electron chi connectivity index (χ2n) is 7.30. The van der Waals surface area contributed by atoms with E-state index in [9.17, 15) is 0 Å². The fourth-order valence-electron chi connectivity index (χ4n) is 3.20. The van der Waals surface area contributed by atoms with Crippen molar-refractivity contribution in [2.75, 3.05) is 26.3 Å². The minimum absolute atomic E-state index is 0.461. The highest BCUT2D eigenvalue weighted by atomic mass is 16.5. The molecule has 1 atom stereocenters. The van der Waals surface area contributed by atoms with Crippen LogP contribution >= 0.6 is 0 Å². The Kier molecular flexibility index (Phi) is 8.62. The van der Waals surface area contributed by atoms with Crippen LogP contribution in [0.15, 0.2) is 18.2 Å². The van der Waals surface area contributed by atoms with Crippen molar-refractivity contribution in [2.45, 2.75) is 71.3 Å². The van der Waals surface area contributed by atoms with Gasteiger partial charge in [-0.1, -0.05) is 38.8 Å². The molecule has 0 aliphatic carbocycles. The first-order valence-electron chi connectivity index (χ1n) is 9.72. The van der Waals surface area contributed by atoms with E-state index in [0.717, 1.165) is 38.5 Å².